The maximum atomic E-state index is 12.8. The average Bonchev–Trinajstić information content (AvgIpc) is 3.25. The van der Waals surface area contributed by atoms with Crippen molar-refractivity contribution >= 4 is 17.7 Å². The molecule has 6 rings (SSSR count). The molecule has 5 saturated carbocycles. The number of hydrogen-bond acceptors (Lipinski definition) is 4. The van der Waals surface area contributed by atoms with Gasteiger partial charge >= 0.3 is 0 Å². The molecule has 1 heterocycles. The summed E-state index contributed by atoms with van der Waals surface area (Å²) < 4.78 is 0. The first-order valence-corrected chi connectivity index (χ1v) is 10.4. The molecule has 1 unspecified atom stereocenters. The molecular weight excluding hydrogens is 320 g/mol. The van der Waals surface area contributed by atoms with E-state index in [-0.39, 0.29) is 16.7 Å². The quantitative estimate of drug-likeness (QED) is 0.803. The number of hydrogen-bond donors (Lipinski definition) is 2. The van der Waals surface area contributed by atoms with E-state index in [0.717, 1.165) is 23.6 Å². The van der Waals surface area contributed by atoms with E-state index in [1.165, 1.54) is 63.1 Å². The predicted octanol–water partition coefficient (Wildman–Crippen LogP) is 3.25. The van der Waals surface area contributed by atoms with E-state index in [0.29, 0.717) is 11.1 Å². The van der Waals surface area contributed by atoms with E-state index in [2.05, 4.69) is 20.5 Å². The zero-order valence-electron chi connectivity index (χ0n) is 14.3. The van der Waals surface area contributed by atoms with Crippen LogP contribution in [0.5, 0.6) is 0 Å². The summed E-state index contributed by atoms with van der Waals surface area (Å²) >= 11 is 1.48. The maximum absolute atomic E-state index is 12.8. The van der Waals surface area contributed by atoms with Crippen LogP contribution in [-0.4, -0.2) is 31.9 Å². The minimum Gasteiger partial charge on any atom is -0.350 e. The van der Waals surface area contributed by atoms with Crippen LogP contribution in [0.4, 0.5) is 0 Å². The van der Waals surface area contributed by atoms with Gasteiger partial charge in [0.15, 0.2) is 0 Å². The molecule has 0 aliphatic heterocycles. The van der Waals surface area contributed by atoms with E-state index in [9.17, 15) is 4.79 Å². The molecule has 130 valence electrons. The molecule has 4 bridgehead atoms. The minimum absolute atomic E-state index is 0.0961. The lowest BCUT2D eigenvalue weighted by atomic mass is 9.53. The van der Waals surface area contributed by atoms with Gasteiger partial charge in [0.1, 0.15) is 5.82 Å². The maximum Gasteiger partial charge on any atom is 0.233 e. The van der Waals surface area contributed by atoms with Crippen molar-refractivity contribution in [1.29, 1.82) is 0 Å². The van der Waals surface area contributed by atoms with E-state index in [1.807, 2.05) is 6.92 Å². The Morgan fingerprint density at radius 1 is 1.21 bits per heavy atom. The highest BCUT2D eigenvalue weighted by atomic mass is 32.2. The summed E-state index contributed by atoms with van der Waals surface area (Å²) in [6, 6.07) is 0. The van der Waals surface area contributed by atoms with Crippen LogP contribution < -0.4 is 5.32 Å². The smallest absolute Gasteiger partial charge is 0.233 e. The van der Waals surface area contributed by atoms with E-state index < -0.39 is 0 Å². The Morgan fingerprint density at radius 2 is 1.83 bits per heavy atom. The number of aromatic amines is 1. The second-order valence-corrected chi connectivity index (χ2v) is 10.0. The van der Waals surface area contributed by atoms with Crippen LogP contribution in [0.1, 0.15) is 70.0 Å². The molecule has 5 nitrogen and oxygen atoms in total. The highest BCUT2D eigenvalue weighted by Crippen LogP contribution is 2.55. The SMILES string of the molecule is CC(Sc1n[nH]c(C2CC2)n1)C(=O)NC12CC3CC(CC(C3)C1)C2. The zero-order valence-corrected chi connectivity index (χ0v) is 15.1. The van der Waals surface area contributed by atoms with Crippen molar-refractivity contribution in [1.82, 2.24) is 20.5 Å². The Bertz CT molecular complexity index is 618. The number of nitrogens with zero attached hydrogens (tertiary/aromatic N) is 2. The minimum atomic E-state index is -0.138. The van der Waals surface area contributed by atoms with Crippen molar-refractivity contribution in [3.63, 3.8) is 0 Å². The second-order valence-electron chi connectivity index (χ2n) is 8.72. The van der Waals surface area contributed by atoms with Crippen molar-refractivity contribution in [3.05, 3.63) is 5.82 Å². The molecule has 1 aromatic rings. The average molecular weight is 347 g/mol. The van der Waals surface area contributed by atoms with Gasteiger partial charge in [-0.2, -0.15) is 0 Å². The summed E-state index contributed by atoms with van der Waals surface area (Å²) in [6.45, 7) is 1.98. The Labute approximate surface area is 147 Å². The summed E-state index contributed by atoms with van der Waals surface area (Å²) in [4.78, 5) is 17.3. The molecule has 6 heteroatoms. The number of aromatic nitrogens is 3. The fourth-order valence-electron chi connectivity index (χ4n) is 5.69. The lowest BCUT2D eigenvalue weighted by Crippen LogP contribution is -2.60. The van der Waals surface area contributed by atoms with Crippen molar-refractivity contribution in [2.24, 2.45) is 17.8 Å². The van der Waals surface area contributed by atoms with Crippen LogP contribution in [0.25, 0.3) is 0 Å². The molecule has 5 fully saturated rings. The Kier molecular flexibility index (Phi) is 3.48. The largest absolute Gasteiger partial charge is 0.350 e. The summed E-state index contributed by atoms with van der Waals surface area (Å²) in [5.74, 6) is 4.30. The summed E-state index contributed by atoms with van der Waals surface area (Å²) in [5, 5.41) is 11.3. The highest BCUT2D eigenvalue weighted by molar-refractivity contribution is 8.00. The van der Waals surface area contributed by atoms with Crippen LogP contribution in [0.2, 0.25) is 0 Å². The first kappa shape index (κ1) is 15.2. The first-order valence-electron chi connectivity index (χ1n) is 9.49. The molecule has 5 aliphatic rings. The van der Waals surface area contributed by atoms with Crippen molar-refractivity contribution in [2.75, 3.05) is 0 Å². The second kappa shape index (κ2) is 5.48. The van der Waals surface area contributed by atoms with E-state index >= 15 is 0 Å². The molecule has 5 aliphatic carbocycles. The summed E-state index contributed by atoms with van der Waals surface area (Å²) in [5.41, 5.74) is 0.0961. The summed E-state index contributed by atoms with van der Waals surface area (Å²) in [6.07, 6.45) is 10.2. The van der Waals surface area contributed by atoms with E-state index in [4.69, 9.17) is 0 Å². The number of carbonyl (C=O) groups is 1. The van der Waals surface area contributed by atoms with Crippen LogP contribution in [-0.2, 0) is 4.79 Å². The van der Waals surface area contributed by atoms with Crippen molar-refractivity contribution < 1.29 is 4.79 Å². The molecule has 0 spiro atoms. The third-order valence-corrected chi connectivity index (χ3v) is 7.49. The molecule has 1 aromatic heterocycles. The molecular formula is C18H26N4OS. The number of H-pyrrole nitrogens is 1. The van der Waals surface area contributed by atoms with Crippen molar-refractivity contribution in [3.8, 4) is 0 Å². The van der Waals surface area contributed by atoms with Gasteiger partial charge in [-0.3, -0.25) is 9.89 Å². The standard InChI is InChI=1S/C18H26N4OS/c1-10(24-17-19-15(21-22-17)14-2-3-14)16(23)20-18-7-11-4-12(8-18)6-13(5-11)9-18/h10-14H,2-9H2,1H3,(H,20,23)(H,19,21,22). The monoisotopic (exact) mass is 346 g/mol. The number of rotatable bonds is 5. The Balaban J connectivity index is 1.23. The fraction of sp³-hybridized carbons (Fsp3) is 0.833. The van der Waals surface area contributed by atoms with Gasteiger partial charge in [0.25, 0.3) is 0 Å². The van der Waals surface area contributed by atoms with Gasteiger partial charge in [0.2, 0.25) is 11.1 Å². The lowest BCUT2D eigenvalue weighted by Gasteiger charge is -2.57. The number of amides is 1. The van der Waals surface area contributed by atoms with Crippen molar-refractivity contribution in [2.45, 2.75) is 80.2 Å². The predicted molar refractivity (Wildman–Crippen MR) is 92.7 cm³/mol. The van der Waals surface area contributed by atoms with Gasteiger partial charge in [0.05, 0.1) is 5.25 Å². The molecule has 2 N–H and O–H groups in total. The molecule has 1 amide bonds. The van der Waals surface area contributed by atoms with E-state index in [1.54, 1.807) is 0 Å². The molecule has 0 aromatic carbocycles. The third-order valence-electron chi connectivity index (χ3n) is 6.52. The third kappa shape index (κ3) is 2.76. The molecule has 0 saturated heterocycles. The highest BCUT2D eigenvalue weighted by Gasteiger charge is 2.51. The first-order chi connectivity index (χ1) is 11.6. The fourth-order valence-corrected chi connectivity index (χ4v) is 6.42. The Hall–Kier alpha value is -1.04. The normalized spacial score (nSPS) is 38.3. The molecule has 24 heavy (non-hydrogen) atoms. The topological polar surface area (TPSA) is 70.7 Å². The van der Waals surface area contributed by atoms with Gasteiger partial charge in [-0.05, 0) is 76.0 Å². The van der Waals surface area contributed by atoms with Gasteiger partial charge < -0.3 is 5.32 Å². The lowest BCUT2D eigenvalue weighted by molar-refractivity contribution is -0.126. The van der Waals surface area contributed by atoms with Crippen LogP contribution in [0.3, 0.4) is 0 Å². The van der Waals surface area contributed by atoms with Crippen LogP contribution >= 0.6 is 11.8 Å². The summed E-state index contributed by atoms with van der Waals surface area (Å²) in [7, 11) is 0. The number of nitrogens with one attached hydrogen (secondary N) is 2. The van der Waals surface area contributed by atoms with Gasteiger partial charge in [-0.25, -0.2) is 4.98 Å². The van der Waals surface area contributed by atoms with Gasteiger partial charge in [-0.1, -0.05) is 11.8 Å². The van der Waals surface area contributed by atoms with Crippen LogP contribution in [0.15, 0.2) is 5.16 Å². The van der Waals surface area contributed by atoms with Gasteiger partial charge in [0, 0.05) is 11.5 Å². The zero-order chi connectivity index (χ0) is 16.3. The Morgan fingerprint density at radius 3 is 2.42 bits per heavy atom. The number of thioether (sulfide) groups is 1. The van der Waals surface area contributed by atoms with Crippen LogP contribution in [0, 0.1) is 17.8 Å². The van der Waals surface area contributed by atoms with Gasteiger partial charge in [-0.15, -0.1) is 5.10 Å². The number of carbonyl (C=O) groups excluding carboxylic acids is 1. The molecule has 1 atom stereocenters. The molecule has 0 radical (unpaired) electrons.